The van der Waals surface area contributed by atoms with Gasteiger partial charge in [-0.2, -0.15) is 0 Å². The topological polar surface area (TPSA) is 80.7 Å². The van der Waals surface area contributed by atoms with Crippen LogP contribution in [0.3, 0.4) is 0 Å². The summed E-state index contributed by atoms with van der Waals surface area (Å²) in [6, 6.07) is 5.23. The van der Waals surface area contributed by atoms with Crippen LogP contribution in [0, 0.1) is 0 Å². The standard InChI is InChI=1S/C15H14N2O4/c18-15(19)9-4-12(10-2-1-3-16-10)17-11-6-14-13(5-8(9)11)20-7-21-14/h4-6,10,16H,1-3,7H2,(H,18,19). The van der Waals surface area contributed by atoms with Crippen LogP contribution in [0.25, 0.3) is 10.9 Å². The van der Waals surface area contributed by atoms with E-state index in [0.717, 1.165) is 25.1 Å². The van der Waals surface area contributed by atoms with Crippen molar-refractivity contribution in [2.75, 3.05) is 13.3 Å². The summed E-state index contributed by atoms with van der Waals surface area (Å²) in [5.74, 6) is 0.224. The van der Waals surface area contributed by atoms with Gasteiger partial charge in [0.05, 0.1) is 16.8 Å². The van der Waals surface area contributed by atoms with E-state index in [2.05, 4.69) is 10.3 Å². The Morgan fingerprint density at radius 3 is 2.81 bits per heavy atom. The van der Waals surface area contributed by atoms with Gasteiger partial charge in [0.1, 0.15) is 0 Å². The lowest BCUT2D eigenvalue weighted by atomic mass is 10.0. The molecule has 21 heavy (non-hydrogen) atoms. The predicted molar refractivity (Wildman–Crippen MR) is 74.8 cm³/mol. The number of nitrogens with one attached hydrogen (secondary N) is 1. The number of carboxylic acid groups (broad SMARTS) is 1. The SMILES string of the molecule is O=C(O)c1cc(C2CCCN2)nc2cc3c(cc12)OCO3. The third-order valence-corrected chi connectivity index (χ3v) is 3.97. The number of rotatable bonds is 2. The molecule has 108 valence electrons. The van der Waals surface area contributed by atoms with E-state index in [1.54, 1.807) is 18.2 Å². The van der Waals surface area contributed by atoms with Crippen LogP contribution in [0.4, 0.5) is 0 Å². The average Bonchev–Trinajstić information content (AvgIpc) is 3.14. The van der Waals surface area contributed by atoms with E-state index in [1.165, 1.54) is 0 Å². The van der Waals surface area contributed by atoms with Crippen LogP contribution in [-0.2, 0) is 0 Å². The minimum atomic E-state index is -0.958. The normalized spacial score (nSPS) is 20.1. The first-order chi connectivity index (χ1) is 10.2. The second-order valence-electron chi connectivity index (χ2n) is 5.27. The number of aromatic carboxylic acids is 1. The molecule has 1 unspecified atom stereocenters. The summed E-state index contributed by atoms with van der Waals surface area (Å²) in [6.07, 6.45) is 2.05. The number of hydrogen-bond donors (Lipinski definition) is 2. The molecule has 2 aliphatic heterocycles. The second kappa shape index (κ2) is 4.60. The molecule has 4 rings (SSSR count). The number of nitrogens with zero attached hydrogens (tertiary/aromatic N) is 1. The van der Waals surface area contributed by atoms with Gasteiger partial charge in [-0.05, 0) is 31.5 Å². The monoisotopic (exact) mass is 286 g/mol. The summed E-state index contributed by atoms with van der Waals surface area (Å²) in [5.41, 5.74) is 1.65. The summed E-state index contributed by atoms with van der Waals surface area (Å²) in [6.45, 7) is 1.10. The zero-order valence-electron chi connectivity index (χ0n) is 11.3. The number of fused-ring (bicyclic) bond motifs is 2. The van der Waals surface area contributed by atoms with Crippen molar-refractivity contribution < 1.29 is 19.4 Å². The Labute approximate surface area is 120 Å². The maximum Gasteiger partial charge on any atom is 0.336 e. The van der Waals surface area contributed by atoms with Crippen LogP contribution in [0.2, 0.25) is 0 Å². The van der Waals surface area contributed by atoms with Gasteiger partial charge in [0.15, 0.2) is 11.5 Å². The molecule has 6 nitrogen and oxygen atoms in total. The van der Waals surface area contributed by atoms with E-state index in [1.807, 2.05) is 0 Å². The fourth-order valence-electron chi connectivity index (χ4n) is 2.93. The minimum Gasteiger partial charge on any atom is -0.478 e. The van der Waals surface area contributed by atoms with Gasteiger partial charge in [0.2, 0.25) is 6.79 Å². The number of aromatic nitrogens is 1. The highest BCUT2D eigenvalue weighted by molar-refractivity contribution is 6.03. The van der Waals surface area contributed by atoms with E-state index in [-0.39, 0.29) is 18.4 Å². The fraction of sp³-hybridized carbons (Fsp3) is 0.333. The largest absolute Gasteiger partial charge is 0.478 e. The molecule has 2 aliphatic rings. The summed E-state index contributed by atoms with van der Waals surface area (Å²) >= 11 is 0. The molecule has 1 saturated heterocycles. The summed E-state index contributed by atoms with van der Waals surface area (Å²) in [4.78, 5) is 16.2. The first-order valence-electron chi connectivity index (χ1n) is 6.93. The number of ether oxygens (including phenoxy) is 2. The summed E-state index contributed by atoms with van der Waals surface area (Å²) in [7, 11) is 0. The highest BCUT2D eigenvalue weighted by atomic mass is 16.7. The molecule has 1 aromatic heterocycles. The molecule has 0 spiro atoms. The van der Waals surface area contributed by atoms with Gasteiger partial charge >= 0.3 is 5.97 Å². The molecular formula is C15H14N2O4. The van der Waals surface area contributed by atoms with Crippen molar-refractivity contribution in [3.8, 4) is 11.5 Å². The van der Waals surface area contributed by atoms with E-state index in [9.17, 15) is 9.90 Å². The number of carboxylic acids is 1. The van der Waals surface area contributed by atoms with Gasteiger partial charge in [-0.3, -0.25) is 4.98 Å². The zero-order chi connectivity index (χ0) is 14.4. The molecule has 2 N–H and O–H groups in total. The van der Waals surface area contributed by atoms with Crippen molar-refractivity contribution in [2.24, 2.45) is 0 Å². The van der Waals surface area contributed by atoms with Gasteiger partial charge in [-0.15, -0.1) is 0 Å². The van der Waals surface area contributed by atoms with Crippen LogP contribution in [0.1, 0.15) is 34.9 Å². The molecule has 6 heteroatoms. The Balaban J connectivity index is 1.94. The Hall–Kier alpha value is -2.34. The van der Waals surface area contributed by atoms with Crippen LogP contribution < -0.4 is 14.8 Å². The first-order valence-corrected chi connectivity index (χ1v) is 6.93. The summed E-state index contributed by atoms with van der Waals surface area (Å²) in [5, 5.41) is 13.4. The smallest absolute Gasteiger partial charge is 0.336 e. The van der Waals surface area contributed by atoms with Gasteiger partial charge in [-0.1, -0.05) is 0 Å². The lowest BCUT2D eigenvalue weighted by Crippen LogP contribution is -2.15. The van der Waals surface area contributed by atoms with Gasteiger partial charge in [0.25, 0.3) is 0 Å². The lowest BCUT2D eigenvalue weighted by molar-refractivity contribution is 0.0699. The van der Waals surface area contributed by atoms with Crippen LogP contribution in [0.15, 0.2) is 18.2 Å². The van der Waals surface area contributed by atoms with Crippen molar-refractivity contribution in [3.05, 3.63) is 29.5 Å². The van der Waals surface area contributed by atoms with E-state index in [0.29, 0.717) is 22.4 Å². The minimum absolute atomic E-state index is 0.123. The highest BCUT2D eigenvalue weighted by Gasteiger charge is 2.23. The molecular weight excluding hydrogens is 272 g/mol. The average molecular weight is 286 g/mol. The van der Waals surface area contributed by atoms with E-state index >= 15 is 0 Å². The Morgan fingerprint density at radius 2 is 2.10 bits per heavy atom. The van der Waals surface area contributed by atoms with Crippen molar-refractivity contribution in [1.29, 1.82) is 0 Å². The number of hydrogen-bond acceptors (Lipinski definition) is 5. The molecule has 0 bridgehead atoms. The molecule has 1 atom stereocenters. The van der Waals surface area contributed by atoms with E-state index in [4.69, 9.17) is 9.47 Å². The Bertz CT molecular complexity index is 738. The molecule has 3 heterocycles. The van der Waals surface area contributed by atoms with Gasteiger partial charge in [0, 0.05) is 17.5 Å². The molecule has 0 saturated carbocycles. The second-order valence-corrected chi connectivity index (χ2v) is 5.27. The molecule has 1 aromatic carbocycles. The number of carbonyl (C=O) groups is 1. The van der Waals surface area contributed by atoms with Gasteiger partial charge in [-0.25, -0.2) is 4.79 Å². The molecule has 0 radical (unpaired) electrons. The van der Waals surface area contributed by atoms with Crippen LogP contribution in [0.5, 0.6) is 11.5 Å². The first kappa shape index (κ1) is 12.4. The van der Waals surface area contributed by atoms with Crippen molar-refractivity contribution >= 4 is 16.9 Å². The maximum atomic E-state index is 11.6. The van der Waals surface area contributed by atoms with Crippen molar-refractivity contribution in [1.82, 2.24) is 10.3 Å². The Morgan fingerprint density at radius 1 is 1.29 bits per heavy atom. The fourth-order valence-corrected chi connectivity index (χ4v) is 2.93. The molecule has 2 aromatic rings. The lowest BCUT2D eigenvalue weighted by Gasteiger charge is -2.13. The maximum absolute atomic E-state index is 11.6. The third kappa shape index (κ3) is 1.99. The number of benzene rings is 1. The van der Waals surface area contributed by atoms with Gasteiger partial charge < -0.3 is 19.9 Å². The Kier molecular flexibility index (Phi) is 2.71. The summed E-state index contributed by atoms with van der Waals surface area (Å²) < 4.78 is 10.7. The van der Waals surface area contributed by atoms with E-state index < -0.39 is 5.97 Å². The predicted octanol–water partition coefficient (Wildman–Crippen LogP) is 2.09. The van der Waals surface area contributed by atoms with Crippen LogP contribution in [-0.4, -0.2) is 29.4 Å². The zero-order valence-corrected chi connectivity index (χ0v) is 11.3. The quantitative estimate of drug-likeness (QED) is 0.880. The number of pyridine rings is 1. The highest BCUT2D eigenvalue weighted by Crippen LogP contribution is 2.37. The molecule has 0 amide bonds. The molecule has 1 fully saturated rings. The van der Waals surface area contributed by atoms with Crippen molar-refractivity contribution in [2.45, 2.75) is 18.9 Å². The molecule has 0 aliphatic carbocycles. The van der Waals surface area contributed by atoms with Crippen molar-refractivity contribution in [3.63, 3.8) is 0 Å². The third-order valence-electron chi connectivity index (χ3n) is 3.97. The van der Waals surface area contributed by atoms with Crippen LogP contribution >= 0.6 is 0 Å².